The Morgan fingerprint density at radius 1 is 0.842 bits per heavy atom. The van der Waals surface area contributed by atoms with Crippen LogP contribution < -0.4 is 5.73 Å². The fraction of sp³-hybridized carbons (Fsp3) is 0.857. The van der Waals surface area contributed by atoms with Gasteiger partial charge in [-0.3, -0.25) is 4.79 Å². The molecule has 0 bridgehead atoms. The van der Waals surface area contributed by atoms with E-state index in [4.69, 9.17) is 40.9 Å². The molecule has 0 radical (unpaired) electrons. The average molecular weight is 291 g/mol. The van der Waals surface area contributed by atoms with E-state index in [0.29, 0.717) is 0 Å². The van der Waals surface area contributed by atoms with Crippen molar-refractivity contribution in [3.8, 4) is 0 Å². The molecule has 1 rings (SSSR count). The molecule has 1 aliphatic carbocycles. The van der Waals surface area contributed by atoms with Gasteiger partial charge in [0.1, 0.15) is 0 Å². The Kier molecular flexibility index (Phi) is 3.01. The van der Waals surface area contributed by atoms with Gasteiger partial charge in [-0.15, -0.1) is 0 Å². The van der Waals surface area contributed by atoms with E-state index in [0.717, 1.165) is 0 Å². The summed E-state index contributed by atoms with van der Waals surface area (Å²) in [5, 5.41) is 72.6. The molecule has 0 heterocycles. The molecule has 0 aromatic heterocycles. The number of alkyl halides is 2. The largest absolute Gasteiger partial charge is 0.369 e. The molecule has 0 aromatic carbocycles. The number of carbonyl (C=O) groups excluding carboxylic acids is 1. The van der Waals surface area contributed by atoms with Crippen LogP contribution in [0.3, 0.4) is 0 Å². The van der Waals surface area contributed by atoms with Crippen molar-refractivity contribution in [3.05, 3.63) is 0 Å². The van der Waals surface area contributed by atoms with Crippen LogP contribution in [-0.2, 0) is 4.79 Å². The summed E-state index contributed by atoms with van der Waals surface area (Å²) in [4.78, 5) is 10.9. The minimum atomic E-state index is -5.68. The van der Waals surface area contributed by atoms with Crippen molar-refractivity contribution in [1.29, 1.82) is 0 Å². The normalized spacial score (nSPS) is 30.8. The van der Waals surface area contributed by atoms with Crippen molar-refractivity contribution >= 4 is 5.91 Å². The van der Waals surface area contributed by atoms with Crippen LogP contribution in [0, 0.1) is 5.92 Å². The van der Waals surface area contributed by atoms with E-state index in [1.54, 1.807) is 0 Å². The SMILES string of the molecule is NC(=O)C1C(O)(O)C(O)(O)C(F)(F)C(O)(O)C1(O)O. The molecule has 12 heteroatoms. The van der Waals surface area contributed by atoms with Gasteiger partial charge in [0, 0.05) is 0 Å². The van der Waals surface area contributed by atoms with Crippen LogP contribution in [0.25, 0.3) is 0 Å². The third kappa shape index (κ3) is 1.47. The second-order valence-corrected chi connectivity index (χ2v) is 4.21. The molecule has 0 saturated heterocycles. The molecule has 1 amide bonds. The lowest BCUT2D eigenvalue weighted by Crippen LogP contribution is -2.88. The lowest BCUT2D eigenvalue weighted by molar-refractivity contribution is -0.559. The van der Waals surface area contributed by atoms with Crippen LogP contribution in [0.1, 0.15) is 0 Å². The minimum Gasteiger partial charge on any atom is -0.369 e. The van der Waals surface area contributed by atoms with Gasteiger partial charge in [-0.1, -0.05) is 0 Å². The maximum Gasteiger partial charge on any atom is 0.363 e. The second kappa shape index (κ2) is 3.56. The zero-order valence-corrected chi connectivity index (χ0v) is 8.90. The molecule has 19 heavy (non-hydrogen) atoms. The maximum atomic E-state index is 13.4. The van der Waals surface area contributed by atoms with E-state index < -0.39 is 40.9 Å². The Hall–Kier alpha value is -0.990. The monoisotopic (exact) mass is 291 g/mol. The van der Waals surface area contributed by atoms with E-state index in [1.165, 1.54) is 0 Å². The zero-order chi connectivity index (χ0) is 15.7. The highest BCUT2D eigenvalue weighted by molar-refractivity contribution is 5.79. The summed E-state index contributed by atoms with van der Waals surface area (Å²) in [5.74, 6) is -30.5. The van der Waals surface area contributed by atoms with E-state index in [1.807, 2.05) is 0 Å². The lowest BCUT2D eigenvalue weighted by atomic mass is 9.68. The molecular formula is C7H11F2NO9. The number of halogens is 2. The Balaban J connectivity index is 3.70. The summed E-state index contributed by atoms with van der Waals surface area (Å²) in [7, 11) is 0. The van der Waals surface area contributed by atoms with Crippen LogP contribution >= 0.6 is 0 Å². The summed E-state index contributed by atoms with van der Waals surface area (Å²) < 4.78 is 26.8. The third-order valence-corrected chi connectivity index (χ3v) is 2.99. The first-order valence-corrected chi connectivity index (χ1v) is 4.53. The standard InChI is InChI=1S/C7H11F2NO9/c8-5(9)6(16,17)3(12,13)1(2(10)11)4(14,15)7(5,18)19/h1,12-19H,(H2,10,11). The highest BCUT2D eigenvalue weighted by atomic mass is 19.3. The van der Waals surface area contributed by atoms with Gasteiger partial charge in [0.15, 0.2) is 5.92 Å². The van der Waals surface area contributed by atoms with Gasteiger partial charge < -0.3 is 46.6 Å². The molecule has 0 aromatic rings. The van der Waals surface area contributed by atoms with Gasteiger partial charge in [0.25, 0.3) is 11.6 Å². The zero-order valence-electron chi connectivity index (χ0n) is 8.90. The lowest BCUT2D eigenvalue weighted by Gasteiger charge is -2.56. The molecule has 0 atom stereocenters. The molecule has 1 aliphatic rings. The number of aliphatic hydroxyl groups is 8. The summed E-state index contributed by atoms with van der Waals surface area (Å²) in [5.41, 5.74) is 4.48. The topological polar surface area (TPSA) is 205 Å². The summed E-state index contributed by atoms with van der Waals surface area (Å²) >= 11 is 0. The summed E-state index contributed by atoms with van der Waals surface area (Å²) in [6.07, 6.45) is 0. The first kappa shape index (κ1) is 16.1. The predicted octanol–water partition coefficient (Wildman–Crippen LogP) is -5.54. The summed E-state index contributed by atoms with van der Waals surface area (Å²) in [6, 6.07) is 0. The molecular weight excluding hydrogens is 280 g/mol. The number of hydrogen-bond donors (Lipinski definition) is 9. The molecule has 10 N–H and O–H groups in total. The Labute approximate surface area is 102 Å². The van der Waals surface area contributed by atoms with E-state index in [9.17, 15) is 13.6 Å². The Bertz CT molecular complexity index is 389. The third-order valence-electron chi connectivity index (χ3n) is 2.99. The van der Waals surface area contributed by atoms with Crippen molar-refractivity contribution < 1.29 is 54.4 Å². The second-order valence-electron chi connectivity index (χ2n) is 4.21. The number of carbonyl (C=O) groups is 1. The van der Waals surface area contributed by atoms with Gasteiger partial charge in [0.2, 0.25) is 17.5 Å². The quantitative estimate of drug-likeness (QED) is 0.211. The fourth-order valence-electron chi connectivity index (χ4n) is 1.79. The van der Waals surface area contributed by atoms with Crippen LogP contribution in [0.2, 0.25) is 0 Å². The first-order chi connectivity index (χ1) is 8.07. The molecule has 1 saturated carbocycles. The number of hydrogen-bond acceptors (Lipinski definition) is 9. The number of primary amides is 1. The van der Waals surface area contributed by atoms with Crippen LogP contribution in [0.15, 0.2) is 0 Å². The van der Waals surface area contributed by atoms with Crippen molar-refractivity contribution in [2.45, 2.75) is 29.1 Å². The fourth-order valence-corrected chi connectivity index (χ4v) is 1.79. The molecule has 0 aliphatic heterocycles. The molecule has 10 nitrogen and oxygen atoms in total. The predicted molar refractivity (Wildman–Crippen MR) is 46.3 cm³/mol. The van der Waals surface area contributed by atoms with Crippen LogP contribution in [0.4, 0.5) is 8.78 Å². The Morgan fingerprint density at radius 2 is 1.11 bits per heavy atom. The van der Waals surface area contributed by atoms with Crippen molar-refractivity contribution in [2.75, 3.05) is 0 Å². The molecule has 1 fully saturated rings. The highest BCUT2D eigenvalue weighted by Gasteiger charge is 2.88. The number of rotatable bonds is 1. The summed E-state index contributed by atoms with van der Waals surface area (Å²) in [6.45, 7) is 0. The van der Waals surface area contributed by atoms with Gasteiger partial charge >= 0.3 is 5.92 Å². The number of amides is 1. The number of nitrogens with two attached hydrogens (primary N) is 1. The maximum absolute atomic E-state index is 13.4. The van der Waals surface area contributed by atoms with Crippen LogP contribution in [-0.4, -0.2) is 75.8 Å². The molecule has 112 valence electrons. The van der Waals surface area contributed by atoms with Crippen molar-refractivity contribution in [3.63, 3.8) is 0 Å². The minimum absolute atomic E-state index is 2.13. The smallest absolute Gasteiger partial charge is 0.363 e. The van der Waals surface area contributed by atoms with Crippen molar-refractivity contribution in [2.24, 2.45) is 11.7 Å². The Morgan fingerprint density at radius 3 is 1.32 bits per heavy atom. The van der Waals surface area contributed by atoms with E-state index >= 15 is 0 Å². The van der Waals surface area contributed by atoms with E-state index in [2.05, 4.69) is 5.73 Å². The average Bonchev–Trinajstić information content (AvgIpc) is 2.12. The van der Waals surface area contributed by atoms with Crippen molar-refractivity contribution in [1.82, 2.24) is 0 Å². The van der Waals surface area contributed by atoms with E-state index in [-0.39, 0.29) is 0 Å². The first-order valence-electron chi connectivity index (χ1n) is 4.53. The van der Waals surface area contributed by atoms with Gasteiger partial charge in [-0.05, 0) is 0 Å². The van der Waals surface area contributed by atoms with Crippen LogP contribution in [0.5, 0.6) is 0 Å². The molecule has 0 unspecified atom stereocenters. The molecule has 0 spiro atoms. The van der Waals surface area contributed by atoms with Gasteiger partial charge in [-0.25, -0.2) is 0 Å². The van der Waals surface area contributed by atoms with Gasteiger partial charge in [0.05, 0.1) is 0 Å². The van der Waals surface area contributed by atoms with Gasteiger partial charge in [-0.2, -0.15) is 8.78 Å². The highest BCUT2D eigenvalue weighted by Crippen LogP contribution is 2.55.